The molecule has 1 unspecified atom stereocenters. The minimum Gasteiger partial charge on any atom is -0.306 e. The molecule has 2 aromatic rings. The van der Waals surface area contributed by atoms with Gasteiger partial charge in [0.15, 0.2) is 0 Å². The summed E-state index contributed by atoms with van der Waals surface area (Å²) in [5.74, 6) is -0.187. The Bertz CT molecular complexity index is 533. The molecule has 1 aromatic heterocycles. The van der Waals surface area contributed by atoms with Gasteiger partial charge in [-0.15, -0.1) is 11.3 Å². The number of rotatable bonds is 5. The maximum absolute atomic E-state index is 13.4. The summed E-state index contributed by atoms with van der Waals surface area (Å²) < 4.78 is 14.5. The van der Waals surface area contributed by atoms with Gasteiger partial charge in [-0.3, -0.25) is 0 Å². The van der Waals surface area contributed by atoms with Crippen LogP contribution in [0.25, 0.3) is 0 Å². The highest BCUT2D eigenvalue weighted by atomic mass is 79.9. The molecule has 0 bridgehead atoms. The molecule has 1 N–H and O–H groups in total. The SMILES string of the molecule is CCCNC(c1cccc(F)c1)c1cc(Br)c(C)s1. The smallest absolute Gasteiger partial charge is 0.123 e. The lowest BCUT2D eigenvalue weighted by Gasteiger charge is -2.17. The van der Waals surface area contributed by atoms with Crippen molar-refractivity contribution in [3.05, 3.63) is 55.9 Å². The van der Waals surface area contributed by atoms with Crippen LogP contribution in [-0.2, 0) is 0 Å². The predicted octanol–water partition coefficient (Wildman–Crippen LogP) is 5.05. The number of nitrogens with one attached hydrogen (secondary N) is 1. The monoisotopic (exact) mass is 341 g/mol. The highest BCUT2D eigenvalue weighted by Crippen LogP contribution is 2.33. The zero-order valence-corrected chi connectivity index (χ0v) is 13.4. The lowest BCUT2D eigenvalue weighted by atomic mass is 10.1. The maximum atomic E-state index is 13.4. The molecule has 0 saturated heterocycles. The van der Waals surface area contributed by atoms with Gasteiger partial charge in [-0.25, -0.2) is 4.39 Å². The normalized spacial score (nSPS) is 12.6. The third-order valence-electron chi connectivity index (χ3n) is 2.94. The van der Waals surface area contributed by atoms with Gasteiger partial charge in [0.2, 0.25) is 0 Å². The Morgan fingerprint density at radius 1 is 1.37 bits per heavy atom. The molecular weight excluding hydrogens is 325 g/mol. The average Bonchev–Trinajstić information content (AvgIpc) is 2.70. The largest absolute Gasteiger partial charge is 0.306 e. The van der Waals surface area contributed by atoms with Crippen LogP contribution in [0.4, 0.5) is 4.39 Å². The van der Waals surface area contributed by atoms with Gasteiger partial charge in [0.05, 0.1) is 6.04 Å². The first kappa shape index (κ1) is 14.7. The van der Waals surface area contributed by atoms with Crippen LogP contribution in [0, 0.1) is 12.7 Å². The highest BCUT2D eigenvalue weighted by molar-refractivity contribution is 9.10. The van der Waals surface area contributed by atoms with E-state index in [9.17, 15) is 4.39 Å². The Balaban J connectivity index is 2.35. The fraction of sp³-hybridized carbons (Fsp3) is 0.333. The summed E-state index contributed by atoms with van der Waals surface area (Å²) in [5.41, 5.74) is 0.974. The van der Waals surface area contributed by atoms with E-state index in [2.05, 4.69) is 41.2 Å². The van der Waals surface area contributed by atoms with E-state index in [1.54, 1.807) is 23.5 Å². The molecule has 0 aliphatic heterocycles. The lowest BCUT2D eigenvalue weighted by molar-refractivity contribution is 0.591. The first-order chi connectivity index (χ1) is 9.11. The zero-order valence-electron chi connectivity index (χ0n) is 11.0. The van der Waals surface area contributed by atoms with E-state index in [-0.39, 0.29) is 11.9 Å². The molecule has 0 aliphatic carbocycles. The van der Waals surface area contributed by atoms with Crippen molar-refractivity contribution in [1.82, 2.24) is 5.32 Å². The summed E-state index contributed by atoms with van der Waals surface area (Å²) in [6.45, 7) is 5.13. The van der Waals surface area contributed by atoms with Gasteiger partial charge < -0.3 is 5.32 Å². The van der Waals surface area contributed by atoms with Crippen molar-refractivity contribution in [2.24, 2.45) is 0 Å². The van der Waals surface area contributed by atoms with Crippen LogP contribution in [-0.4, -0.2) is 6.54 Å². The molecule has 1 heterocycles. The van der Waals surface area contributed by atoms with Crippen LogP contribution in [0.15, 0.2) is 34.8 Å². The molecule has 0 spiro atoms. The standard InChI is InChI=1S/C15H17BrFNS/c1-3-7-18-15(11-5-4-6-12(17)8-11)14-9-13(16)10(2)19-14/h4-6,8-9,15,18H,3,7H2,1-2H3. The summed E-state index contributed by atoms with van der Waals surface area (Å²) in [6, 6.07) is 9.01. The van der Waals surface area contributed by atoms with Crippen molar-refractivity contribution in [3.8, 4) is 0 Å². The lowest BCUT2D eigenvalue weighted by Crippen LogP contribution is -2.22. The van der Waals surface area contributed by atoms with E-state index >= 15 is 0 Å². The van der Waals surface area contributed by atoms with Crippen LogP contribution in [0.5, 0.6) is 0 Å². The summed E-state index contributed by atoms with van der Waals surface area (Å²) in [5, 5.41) is 3.49. The molecular formula is C15H17BrFNS. The Kier molecular flexibility index (Phi) is 5.13. The molecule has 1 atom stereocenters. The summed E-state index contributed by atoms with van der Waals surface area (Å²) >= 11 is 5.29. The van der Waals surface area contributed by atoms with Crippen LogP contribution < -0.4 is 5.32 Å². The van der Waals surface area contributed by atoms with Gasteiger partial charge >= 0.3 is 0 Å². The van der Waals surface area contributed by atoms with E-state index in [0.717, 1.165) is 23.0 Å². The Morgan fingerprint density at radius 2 is 2.16 bits per heavy atom. The molecule has 2 rings (SSSR count). The van der Waals surface area contributed by atoms with Crippen molar-refractivity contribution in [2.45, 2.75) is 26.3 Å². The molecule has 19 heavy (non-hydrogen) atoms. The average molecular weight is 342 g/mol. The van der Waals surface area contributed by atoms with Crippen LogP contribution in [0.1, 0.15) is 34.7 Å². The van der Waals surface area contributed by atoms with Gasteiger partial charge in [0.1, 0.15) is 5.82 Å². The zero-order chi connectivity index (χ0) is 13.8. The third-order valence-corrected chi connectivity index (χ3v) is 5.14. The van der Waals surface area contributed by atoms with E-state index in [1.807, 2.05) is 6.07 Å². The van der Waals surface area contributed by atoms with Crippen LogP contribution >= 0.6 is 27.3 Å². The maximum Gasteiger partial charge on any atom is 0.123 e. The van der Waals surface area contributed by atoms with E-state index in [0.29, 0.717) is 0 Å². The molecule has 102 valence electrons. The predicted molar refractivity (Wildman–Crippen MR) is 83.3 cm³/mol. The van der Waals surface area contributed by atoms with E-state index in [4.69, 9.17) is 0 Å². The molecule has 0 radical (unpaired) electrons. The number of aryl methyl sites for hydroxylation is 1. The Labute approximate surface area is 126 Å². The molecule has 1 aromatic carbocycles. The summed E-state index contributed by atoms with van der Waals surface area (Å²) in [4.78, 5) is 2.46. The first-order valence-electron chi connectivity index (χ1n) is 6.36. The number of thiophene rings is 1. The van der Waals surface area contributed by atoms with Gasteiger partial charge in [-0.2, -0.15) is 0 Å². The highest BCUT2D eigenvalue weighted by Gasteiger charge is 2.17. The molecule has 1 nitrogen and oxygen atoms in total. The van der Waals surface area contributed by atoms with Crippen LogP contribution in [0.3, 0.4) is 0 Å². The quantitative estimate of drug-likeness (QED) is 0.802. The van der Waals surface area contributed by atoms with Crippen molar-refractivity contribution in [3.63, 3.8) is 0 Å². The second-order valence-electron chi connectivity index (χ2n) is 4.50. The van der Waals surface area contributed by atoms with Crippen molar-refractivity contribution in [1.29, 1.82) is 0 Å². The van der Waals surface area contributed by atoms with Crippen molar-refractivity contribution in [2.75, 3.05) is 6.54 Å². The van der Waals surface area contributed by atoms with Gasteiger partial charge in [0.25, 0.3) is 0 Å². The first-order valence-corrected chi connectivity index (χ1v) is 7.97. The topological polar surface area (TPSA) is 12.0 Å². The van der Waals surface area contributed by atoms with Gasteiger partial charge in [0, 0.05) is 14.2 Å². The second-order valence-corrected chi connectivity index (χ2v) is 6.64. The molecule has 0 aliphatic rings. The minimum atomic E-state index is -0.187. The molecule has 0 saturated carbocycles. The third kappa shape index (κ3) is 3.65. The molecule has 0 amide bonds. The van der Waals surface area contributed by atoms with Crippen molar-refractivity contribution < 1.29 is 4.39 Å². The molecule has 0 fully saturated rings. The molecule has 4 heteroatoms. The van der Waals surface area contributed by atoms with Crippen molar-refractivity contribution >= 4 is 27.3 Å². The Hall–Kier alpha value is -0.710. The number of halogens is 2. The van der Waals surface area contributed by atoms with Gasteiger partial charge in [-0.05, 0) is 59.6 Å². The summed E-state index contributed by atoms with van der Waals surface area (Å²) in [6.07, 6.45) is 1.05. The van der Waals surface area contributed by atoms with Crippen LogP contribution in [0.2, 0.25) is 0 Å². The number of hydrogen-bond acceptors (Lipinski definition) is 2. The van der Waals surface area contributed by atoms with E-state index in [1.165, 1.54) is 15.8 Å². The summed E-state index contributed by atoms with van der Waals surface area (Å²) in [7, 11) is 0. The number of benzene rings is 1. The second kappa shape index (κ2) is 6.64. The fourth-order valence-corrected chi connectivity index (χ4v) is 3.65. The fourth-order valence-electron chi connectivity index (χ4n) is 1.98. The Morgan fingerprint density at radius 3 is 2.74 bits per heavy atom. The minimum absolute atomic E-state index is 0.0608. The van der Waals surface area contributed by atoms with E-state index < -0.39 is 0 Å². The number of hydrogen-bond donors (Lipinski definition) is 1. The van der Waals surface area contributed by atoms with Gasteiger partial charge in [-0.1, -0.05) is 19.1 Å².